The van der Waals surface area contributed by atoms with E-state index in [0.717, 1.165) is 11.3 Å². The molecule has 154 valence electrons. The van der Waals surface area contributed by atoms with Gasteiger partial charge in [-0.05, 0) is 61.1 Å². The van der Waals surface area contributed by atoms with Crippen LogP contribution in [0.15, 0.2) is 72.8 Å². The third kappa shape index (κ3) is 5.96. The second-order valence-electron chi connectivity index (χ2n) is 6.43. The van der Waals surface area contributed by atoms with Crippen LogP contribution in [0.3, 0.4) is 0 Å². The van der Waals surface area contributed by atoms with Crippen LogP contribution in [0.5, 0.6) is 17.2 Å². The summed E-state index contributed by atoms with van der Waals surface area (Å²) in [6.45, 7) is 2.51. The van der Waals surface area contributed by atoms with Gasteiger partial charge in [0.2, 0.25) is 0 Å². The summed E-state index contributed by atoms with van der Waals surface area (Å²) in [6.07, 6.45) is 0. The third-order valence-corrected chi connectivity index (χ3v) is 4.32. The lowest BCUT2D eigenvalue weighted by Gasteiger charge is -2.14. The molecule has 0 aliphatic rings. The Morgan fingerprint density at radius 3 is 2.47 bits per heavy atom. The molecule has 0 spiro atoms. The zero-order chi connectivity index (χ0) is 21.3. The van der Waals surface area contributed by atoms with Crippen LogP contribution in [0, 0.1) is 6.92 Å². The van der Waals surface area contributed by atoms with Crippen molar-refractivity contribution in [2.24, 2.45) is 0 Å². The van der Waals surface area contributed by atoms with Crippen molar-refractivity contribution in [3.05, 3.63) is 83.9 Å². The van der Waals surface area contributed by atoms with Gasteiger partial charge in [0.05, 0.1) is 11.3 Å². The van der Waals surface area contributed by atoms with Crippen molar-refractivity contribution in [1.82, 2.24) is 5.32 Å². The summed E-state index contributed by atoms with van der Waals surface area (Å²) in [5.41, 5.74) is 1.71. The number of anilines is 1. The van der Waals surface area contributed by atoms with Gasteiger partial charge in [-0.15, -0.1) is 0 Å². The zero-order valence-corrected chi connectivity index (χ0v) is 17.2. The van der Waals surface area contributed by atoms with Crippen molar-refractivity contribution in [2.45, 2.75) is 6.92 Å². The molecule has 0 fully saturated rings. The van der Waals surface area contributed by atoms with Gasteiger partial charge in [-0.25, -0.2) is 0 Å². The fourth-order valence-electron chi connectivity index (χ4n) is 2.68. The molecule has 0 saturated heterocycles. The lowest BCUT2D eigenvalue weighted by Crippen LogP contribution is -2.34. The van der Waals surface area contributed by atoms with Gasteiger partial charge in [0.15, 0.2) is 5.11 Å². The largest absolute Gasteiger partial charge is 0.506 e. The van der Waals surface area contributed by atoms with E-state index in [9.17, 15) is 9.90 Å². The molecule has 0 bridgehead atoms. The van der Waals surface area contributed by atoms with E-state index in [2.05, 4.69) is 10.6 Å². The molecule has 0 unspecified atom stereocenters. The Kier molecular flexibility index (Phi) is 7.24. The summed E-state index contributed by atoms with van der Waals surface area (Å²) in [4.78, 5) is 12.7. The minimum Gasteiger partial charge on any atom is -0.506 e. The van der Waals surface area contributed by atoms with Gasteiger partial charge in [0.25, 0.3) is 5.91 Å². The molecule has 0 aromatic heterocycles. The Hall–Kier alpha value is -3.58. The van der Waals surface area contributed by atoms with Gasteiger partial charge in [-0.3, -0.25) is 10.1 Å². The van der Waals surface area contributed by atoms with E-state index >= 15 is 0 Å². The first-order valence-corrected chi connectivity index (χ1v) is 9.75. The summed E-state index contributed by atoms with van der Waals surface area (Å²) < 4.78 is 11.3. The lowest BCUT2D eigenvalue weighted by atomic mass is 10.2. The highest BCUT2D eigenvalue weighted by atomic mass is 32.1. The van der Waals surface area contributed by atoms with Crippen LogP contribution in [-0.2, 0) is 0 Å². The van der Waals surface area contributed by atoms with E-state index in [1.54, 1.807) is 42.5 Å². The van der Waals surface area contributed by atoms with Crippen LogP contribution in [-0.4, -0.2) is 29.3 Å². The molecule has 6 nitrogen and oxygen atoms in total. The molecule has 1 amide bonds. The number of thiocarbonyl (C=S) groups is 1. The van der Waals surface area contributed by atoms with E-state index in [-0.39, 0.29) is 17.5 Å². The van der Waals surface area contributed by atoms with Crippen molar-refractivity contribution >= 4 is 28.9 Å². The summed E-state index contributed by atoms with van der Waals surface area (Å²) in [7, 11) is 0. The second kappa shape index (κ2) is 10.3. The van der Waals surface area contributed by atoms with Crippen LogP contribution >= 0.6 is 12.2 Å². The standard InChI is InChI=1S/C23H22N2O4S/c1-16-11-12-20(26)19(15-16)24-23(30)25-22(27)18-9-5-6-10-21(18)29-14-13-28-17-7-3-2-4-8-17/h2-12,15,26H,13-14H2,1H3,(H2,24,25,27,30). The maximum absolute atomic E-state index is 12.7. The number of aryl methyl sites for hydroxylation is 1. The highest BCUT2D eigenvalue weighted by Gasteiger charge is 2.14. The second-order valence-corrected chi connectivity index (χ2v) is 6.84. The Balaban J connectivity index is 1.56. The minimum atomic E-state index is -0.417. The highest BCUT2D eigenvalue weighted by molar-refractivity contribution is 7.80. The van der Waals surface area contributed by atoms with Gasteiger partial charge < -0.3 is 19.9 Å². The minimum absolute atomic E-state index is 0.0411. The Morgan fingerprint density at radius 2 is 1.67 bits per heavy atom. The van der Waals surface area contributed by atoms with E-state index in [1.165, 1.54) is 0 Å². The molecule has 7 heteroatoms. The molecule has 3 rings (SSSR count). The van der Waals surface area contributed by atoms with Crippen molar-refractivity contribution in [2.75, 3.05) is 18.5 Å². The van der Waals surface area contributed by atoms with E-state index < -0.39 is 5.91 Å². The topological polar surface area (TPSA) is 79.8 Å². The van der Waals surface area contributed by atoms with Crippen LogP contribution in [0.2, 0.25) is 0 Å². The smallest absolute Gasteiger partial charge is 0.261 e. The number of carbonyl (C=O) groups is 1. The number of aromatic hydroxyl groups is 1. The number of amides is 1. The highest BCUT2D eigenvalue weighted by Crippen LogP contribution is 2.24. The van der Waals surface area contributed by atoms with Gasteiger partial charge >= 0.3 is 0 Å². The van der Waals surface area contributed by atoms with Crippen molar-refractivity contribution in [1.29, 1.82) is 0 Å². The average molecular weight is 423 g/mol. The normalized spacial score (nSPS) is 10.2. The van der Waals surface area contributed by atoms with Crippen molar-refractivity contribution in [3.8, 4) is 17.2 Å². The monoisotopic (exact) mass is 422 g/mol. The van der Waals surface area contributed by atoms with Gasteiger partial charge in [0.1, 0.15) is 30.5 Å². The molecular formula is C23H22N2O4S. The Morgan fingerprint density at radius 1 is 0.967 bits per heavy atom. The molecule has 0 aliphatic heterocycles. The Labute approximate surface area is 180 Å². The SMILES string of the molecule is Cc1ccc(O)c(NC(=S)NC(=O)c2ccccc2OCCOc2ccccc2)c1. The molecular weight excluding hydrogens is 400 g/mol. The van der Waals surface area contributed by atoms with Gasteiger partial charge in [-0.1, -0.05) is 36.4 Å². The number of carbonyl (C=O) groups excluding carboxylic acids is 1. The number of ether oxygens (including phenoxy) is 2. The molecule has 30 heavy (non-hydrogen) atoms. The molecule has 0 heterocycles. The maximum Gasteiger partial charge on any atom is 0.261 e. The fraction of sp³-hybridized carbons (Fsp3) is 0.130. The molecule has 0 atom stereocenters. The molecule has 0 aliphatic carbocycles. The van der Waals surface area contributed by atoms with Crippen molar-refractivity contribution in [3.63, 3.8) is 0 Å². The number of para-hydroxylation sites is 2. The summed E-state index contributed by atoms with van der Waals surface area (Å²) in [5, 5.41) is 15.4. The number of rotatable bonds is 7. The van der Waals surface area contributed by atoms with Crippen LogP contribution < -0.4 is 20.1 Å². The molecule has 3 aromatic carbocycles. The first-order valence-electron chi connectivity index (χ1n) is 9.34. The predicted octanol–water partition coefficient (Wildman–Crippen LogP) is 4.29. The average Bonchev–Trinajstić information content (AvgIpc) is 2.75. The van der Waals surface area contributed by atoms with E-state index in [0.29, 0.717) is 23.6 Å². The first kappa shape index (κ1) is 21.1. The van der Waals surface area contributed by atoms with Gasteiger partial charge in [0, 0.05) is 0 Å². The van der Waals surface area contributed by atoms with Crippen LogP contribution in [0.25, 0.3) is 0 Å². The summed E-state index contributed by atoms with van der Waals surface area (Å²) in [5.74, 6) is 0.800. The Bertz CT molecular complexity index is 1020. The number of phenolic OH excluding ortho intramolecular Hbond substituents is 1. The number of nitrogens with one attached hydrogen (secondary N) is 2. The molecule has 3 N–H and O–H groups in total. The zero-order valence-electron chi connectivity index (χ0n) is 16.4. The fourth-order valence-corrected chi connectivity index (χ4v) is 2.88. The van der Waals surface area contributed by atoms with Crippen LogP contribution in [0.4, 0.5) is 5.69 Å². The summed E-state index contributed by atoms with van der Waals surface area (Å²) >= 11 is 5.20. The van der Waals surface area contributed by atoms with Crippen molar-refractivity contribution < 1.29 is 19.4 Å². The number of phenols is 1. The number of hydrogen-bond acceptors (Lipinski definition) is 5. The molecule has 0 radical (unpaired) electrons. The number of benzene rings is 3. The third-order valence-electron chi connectivity index (χ3n) is 4.11. The summed E-state index contributed by atoms with van der Waals surface area (Å²) in [6, 6.07) is 21.4. The van der Waals surface area contributed by atoms with Gasteiger partial charge in [-0.2, -0.15) is 0 Å². The van der Waals surface area contributed by atoms with Crippen LogP contribution in [0.1, 0.15) is 15.9 Å². The molecule has 3 aromatic rings. The lowest BCUT2D eigenvalue weighted by molar-refractivity contribution is 0.0972. The quantitative estimate of drug-likeness (QED) is 0.300. The van der Waals surface area contributed by atoms with E-state index in [4.69, 9.17) is 21.7 Å². The predicted molar refractivity (Wildman–Crippen MR) is 120 cm³/mol. The first-order chi connectivity index (χ1) is 14.5. The number of hydrogen-bond donors (Lipinski definition) is 3. The van der Waals surface area contributed by atoms with E-state index in [1.807, 2.05) is 37.3 Å². The molecule has 0 saturated carbocycles. The maximum atomic E-state index is 12.7.